The van der Waals surface area contributed by atoms with E-state index in [1.165, 1.54) is 27.8 Å². The van der Waals surface area contributed by atoms with Crippen molar-refractivity contribution in [3.8, 4) is 45.3 Å². The van der Waals surface area contributed by atoms with E-state index in [1.54, 1.807) is 0 Å². The van der Waals surface area contributed by atoms with Crippen LogP contribution in [0.5, 0.6) is 0 Å². The molecule has 0 saturated carbocycles. The van der Waals surface area contributed by atoms with Crippen molar-refractivity contribution in [3.63, 3.8) is 0 Å². The maximum absolute atomic E-state index is 6.90. The van der Waals surface area contributed by atoms with Gasteiger partial charge >= 0.3 is 0 Å². The monoisotopic (exact) mass is 639 g/mol. The molecule has 4 heteroatoms. The van der Waals surface area contributed by atoms with Crippen LogP contribution >= 0.6 is 0 Å². The highest BCUT2D eigenvalue weighted by Crippen LogP contribution is 2.57. The Morgan fingerprint density at radius 3 is 1.48 bits per heavy atom. The Balaban J connectivity index is 1.21. The molecule has 1 aliphatic rings. The lowest BCUT2D eigenvalue weighted by Crippen LogP contribution is -2.28. The average Bonchev–Trinajstić information content (AvgIpc) is 3.72. The molecule has 1 aliphatic carbocycles. The Hall–Kier alpha value is -6.65. The van der Waals surface area contributed by atoms with Crippen LogP contribution in [0.4, 0.5) is 0 Å². The van der Waals surface area contributed by atoms with E-state index in [2.05, 4.69) is 109 Å². The third-order valence-corrected chi connectivity index (χ3v) is 10.0. The predicted octanol–water partition coefficient (Wildman–Crippen LogP) is 11.1. The van der Waals surface area contributed by atoms with Gasteiger partial charge in [0.05, 0.1) is 5.41 Å². The van der Waals surface area contributed by atoms with Crippen LogP contribution in [0.15, 0.2) is 180 Å². The summed E-state index contributed by atoms with van der Waals surface area (Å²) >= 11 is 0. The molecule has 10 rings (SSSR count). The van der Waals surface area contributed by atoms with E-state index < -0.39 is 5.41 Å². The molecule has 0 atom stereocenters. The van der Waals surface area contributed by atoms with E-state index in [9.17, 15) is 0 Å². The van der Waals surface area contributed by atoms with Crippen molar-refractivity contribution >= 4 is 21.9 Å². The first-order chi connectivity index (χ1) is 24.8. The van der Waals surface area contributed by atoms with Gasteiger partial charge in [0.2, 0.25) is 0 Å². The van der Waals surface area contributed by atoms with E-state index in [1.807, 2.05) is 66.7 Å². The second-order valence-electron chi connectivity index (χ2n) is 12.7. The largest absolute Gasteiger partial charge is 0.456 e. The van der Waals surface area contributed by atoms with Gasteiger partial charge < -0.3 is 4.42 Å². The molecule has 2 heterocycles. The Morgan fingerprint density at radius 2 is 0.880 bits per heavy atom. The number of furan rings is 1. The molecule has 0 spiro atoms. The fourth-order valence-corrected chi connectivity index (χ4v) is 7.85. The first kappa shape index (κ1) is 28.4. The van der Waals surface area contributed by atoms with Crippen LogP contribution in [0.25, 0.3) is 67.2 Å². The maximum Gasteiger partial charge on any atom is 0.164 e. The lowest BCUT2D eigenvalue weighted by molar-refractivity contribution is 0.648. The molecule has 9 aromatic rings. The van der Waals surface area contributed by atoms with E-state index in [-0.39, 0.29) is 0 Å². The molecule has 0 aliphatic heterocycles. The summed E-state index contributed by atoms with van der Waals surface area (Å²) in [6.07, 6.45) is 0. The van der Waals surface area contributed by atoms with Crippen molar-refractivity contribution in [1.29, 1.82) is 0 Å². The topological polar surface area (TPSA) is 51.8 Å². The van der Waals surface area contributed by atoms with Crippen LogP contribution in [-0.2, 0) is 5.41 Å². The van der Waals surface area contributed by atoms with Crippen molar-refractivity contribution in [2.75, 3.05) is 0 Å². The Morgan fingerprint density at radius 1 is 0.380 bits per heavy atom. The summed E-state index contributed by atoms with van der Waals surface area (Å²) in [6.45, 7) is 0. The summed E-state index contributed by atoms with van der Waals surface area (Å²) in [6, 6.07) is 61.4. The first-order valence-corrected chi connectivity index (χ1v) is 16.9. The highest BCUT2D eigenvalue weighted by Gasteiger charge is 2.47. The minimum absolute atomic E-state index is 0.561. The minimum Gasteiger partial charge on any atom is -0.456 e. The molecule has 2 aromatic heterocycles. The van der Waals surface area contributed by atoms with Gasteiger partial charge in [-0.05, 0) is 46.0 Å². The Bertz CT molecular complexity index is 2600. The average molecular weight is 640 g/mol. The van der Waals surface area contributed by atoms with Crippen molar-refractivity contribution in [2.45, 2.75) is 5.41 Å². The van der Waals surface area contributed by atoms with Crippen LogP contribution < -0.4 is 0 Å². The lowest BCUT2D eigenvalue weighted by atomic mass is 9.67. The summed E-state index contributed by atoms with van der Waals surface area (Å²) < 4.78 is 6.90. The second-order valence-corrected chi connectivity index (χ2v) is 12.7. The lowest BCUT2D eigenvalue weighted by Gasteiger charge is -2.33. The van der Waals surface area contributed by atoms with E-state index in [0.29, 0.717) is 17.5 Å². The zero-order chi connectivity index (χ0) is 33.1. The zero-order valence-corrected chi connectivity index (χ0v) is 27.0. The molecular formula is C46H29N3O. The summed E-state index contributed by atoms with van der Waals surface area (Å²) in [5.74, 6) is 1.89. The summed E-state index contributed by atoms with van der Waals surface area (Å²) in [4.78, 5) is 14.9. The molecule has 234 valence electrons. The van der Waals surface area contributed by atoms with Gasteiger partial charge in [-0.25, -0.2) is 15.0 Å². The molecule has 0 unspecified atom stereocenters. The van der Waals surface area contributed by atoms with Crippen LogP contribution in [-0.4, -0.2) is 15.0 Å². The fourth-order valence-electron chi connectivity index (χ4n) is 7.85. The number of benzene rings is 7. The number of fused-ring (bicyclic) bond motifs is 6. The first-order valence-electron chi connectivity index (χ1n) is 16.9. The second kappa shape index (κ2) is 11.2. The van der Waals surface area contributed by atoms with Crippen LogP contribution in [0, 0.1) is 0 Å². The quantitative estimate of drug-likeness (QED) is 0.188. The molecule has 0 N–H and O–H groups in total. The van der Waals surface area contributed by atoms with Gasteiger partial charge in [-0.3, -0.25) is 0 Å². The van der Waals surface area contributed by atoms with Gasteiger partial charge in [0.15, 0.2) is 17.5 Å². The molecule has 0 amide bonds. The smallest absolute Gasteiger partial charge is 0.164 e. The molecule has 4 nitrogen and oxygen atoms in total. The normalized spacial score (nSPS) is 13.0. The number of nitrogens with zero attached hydrogens (tertiary/aromatic N) is 3. The number of hydrogen-bond acceptors (Lipinski definition) is 4. The van der Waals surface area contributed by atoms with E-state index in [4.69, 9.17) is 19.4 Å². The molecule has 0 radical (unpaired) electrons. The van der Waals surface area contributed by atoms with Gasteiger partial charge in [-0.15, -0.1) is 0 Å². The maximum atomic E-state index is 6.90. The third kappa shape index (κ3) is 4.22. The molecule has 50 heavy (non-hydrogen) atoms. The number of aromatic nitrogens is 3. The van der Waals surface area contributed by atoms with Crippen LogP contribution in [0.1, 0.15) is 22.3 Å². The minimum atomic E-state index is -0.561. The summed E-state index contributed by atoms with van der Waals surface area (Å²) in [5, 5.41) is 2.07. The van der Waals surface area contributed by atoms with E-state index >= 15 is 0 Å². The van der Waals surface area contributed by atoms with Crippen molar-refractivity contribution < 1.29 is 4.42 Å². The van der Waals surface area contributed by atoms with Gasteiger partial charge in [0.1, 0.15) is 11.2 Å². The van der Waals surface area contributed by atoms with Crippen LogP contribution in [0.3, 0.4) is 0 Å². The summed E-state index contributed by atoms with van der Waals surface area (Å²) in [5.41, 5.74) is 11.3. The van der Waals surface area contributed by atoms with Crippen molar-refractivity contribution in [1.82, 2.24) is 15.0 Å². The SMILES string of the molecule is c1ccc(-c2nc(-c3ccccc3)nc(-c3ccc4oc5c(C6(c7ccccc7)c7ccccc7-c7ccccc76)cccc5c4c3)n2)cc1. The van der Waals surface area contributed by atoms with Gasteiger partial charge in [-0.1, -0.05) is 158 Å². The summed E-state index contributed by atoms with van der Waals surface area (Å²) in [7, 11) is 0. The zero-order valence-electron chi connectivity index (χ0n) is 27.0. The predicted molar refractivity (Wildman–Crippen MR) is 201 cm³/mol. The Labute approximate surface area is 289 Å². The number of para-hydroxylation sites is 1. The molecule has 0 bridgehead atoms. The molecule has 7 aromatic carbocycles. The Kier molecular flexibility index (Phi) is 6.36. The van der Waals surface area contributed by atoms with Crippen molar-refractivity contribution in [3.05, 3.63) is 198 Å². The highest BCUT2D eigenvalue weighted by molar-refractivity contribution is 6.08. The highest BCUT2D eigenvalue weighted by atomic mass is 16.3. The fraction of sp³-hybridized carbons (Fsp3) is 0.0217. The molecular weight excluding hydrogens is 611 g/mol. The van der Waals surface area contributed by atoms with Gasteiger partial charge in [0, 0.05) is 33.0 Å². The standard InChI is InChI=1S/C46H29N3O/c1-4-15-30(16-5-1)43-47-44(31-17-6-2-7-18-31)49-45(48-43)32-27-28-41-37(29-32)36-23-14-26-40(42(36)50-41)46(33-19-8-3-9-20-33)38-24-12-10-21-34(38)35-22-11-13-25-39(35)46/h1-29H. The molecule has 0 fully saturated rings. The van der Waals surface area contributed by atoms with Crippen molar-refractivity contribution in [2.24, 2.45) is 0 Å². The number of rotatable bonds is 5. The third-order valence-electron chi connectivity index (χ3n) is 10.0. The molecule has 0 saturated heterocycles. The van der Waals surface area contributed by atoms with Gasteiger partial charge in [0.25, 0.3) is 0 Å². The van der Waals surface area contributed by atoms with Gasteiger partial charge in [-0.2, -0.15) is 0 Å². The number of hydrogen-bond donors (Lipinski definition) is 0. The van der Waals surface area contributed by atoms with E-state index in [0.717, 1.165) is 44.2 Å². The van der Waals surface area contributed by atoms with Crippen LogP contribution in [0.2, 0.25) is 0 Å².